The van der Waals surface area contributed by atoms with Crippen molar-refractivity contribution in [3.8, 4) is 5.75 Å². The van der Waals surface area contributed by atoms with Gasteiger partial charge in [-0.2, -0.15) is 0 Å². The maximum atomic E-state index is 13.3. The SMILES string of the molecule is CC(C)(C)OC(=O)N1CCCC1COc1cc(NC(=O)c2cccnc2NCc2ccncc2)ccc1C(C)(C)C. The lowest BCUT2D eigenvalue weighted by atomic mass is 9.86. The van der Waals surface area contributed by atoms with Gasteiger partial charge >= 0.3 is 6.09 Å². The number of benzene rings is 1. The Morgan fingerprint density at radius 3 is 2.49 bits per heavy atom. The van der Waals surface area contributed by atoms with Gasteiger partial charge in [-0.3, -0.25) is 9.78 Å². The van der Waals surface area contributed by atoms with E-state index in [-0.39, 0.29) is 23.5 Å². The summed E-state index contributed by atoms with van der Waals surface area (Å²) in [6.45, 7) is 13.5. The summed E-state index contributed by atoms with van der Waals surface area (Å²) in [5.41, 5.74) is 2.34. The minimum atomic E-state index is -0.556. The first-order chi connectivity index (χ1) is 19.4. The lowest BCUT2D eigenvalue weighted by Crippen LogP contribution is -2.42. The van der Waals surface area contributed by atoms with Crippen molar-refractivity contribution < 1.29 is 19.1 Å². The number of hydrogen-bond donors (Lipinski definition) is 2. The fourth-order valence-corrected chi connectivity index (χ4v) is 4.71. The molecule has 1 saturated heterocycles. The normalized spacial score (nSPS) is 15.4. The maximum Gasteiger partial charge on any atom is 0.410 e. The highest BCUT2D eigenvalue weighted by Crippen LogP contribution is 2.34. The van der Waals surface area contributed by atoms with Crippen molar-refractivity contribution in [2.75, 3.05) is 23.8 Å². The summed E-state index contributed by atoms with van der Waals surface area (Å²) >= 11 is 0. The number of carbonyl (C=O) groups is 2. The lowest BCUT2D eigenvalue weighted by molar-refractivity contribution is 0.0186. The molecule has 1 atom stereocenters. The molecule has 4 rings (SSSR count). The van der Waals surface area contributed by atoms with E-state index in [1.54, 1.807) is 35.6 Å². The van der Waals surface area contributed by atoms with E-state index in [2.05, 4.69) is 41.4 Å². The molecule has 1 aromatic carbocycles. The van der Waals surface area contributed by atoms with Gasteiger partial charge in [0.2, 0.25) is 0 Å². The second kappa shape index (κ2) is 12.6. The van der Waals surface area contributed by atoms with E-state index in [1.165, 1.54) is 0 Å². The molecule has 9 heteroatoms. The number of aromatic nitrogens is 2. The van der Waals surface area contributed by atoms with Crippen molar-refractivity contribution in [1.29, 1.82) is 0 Å². The van der Waals surface area contributed by atoms with Crippen LogP contribution in [0, 0.1) is 0 Å². The second-order valence-corrected chi connectivity index (χ2v) is 12.3. The maximum absolute atomic E-state index is 13.3. The van der Waals surface area contributed by atoms with Crippen molar-refractivity contribution >= 4 is 23.5 Å². The monoisotopic (exact) mass is 559 g/mol. The predicted octanol–water partition coefficient (Wildman–Crippen LogP) is 6.42. The fraction of sp³-hybridized carbons (Fsp3) is 0.438. The Balaban J connectivity index is 1.48. The van der Waals surface area contributed by atoms with E-state index in [4.69, 9.17) is 9.47 Å². The van der Waals surface area contributed by atoms with Gasteiger partial charge in [0, 0.05) is 43.4 Å². The number of nitrogens with one attached hydrogen (secondary N) is 2. The van der Waals surface area contributed by atoms with Crippen LogP contribution in [-0.4, -0.2) is 51.7 Å². The van der Waals surface area contributed by atoms with Crippen molar-refractivity contribution in [3.63, 3.8) is 0 Å². The third-order valence-electron chi connectivity index (χ3n) is 6.75. The molecule has 9 nitrogen and oxygen atoms in total. The van der Waals surface area contributed by atoms with Gasteiger partial charge in [0.05, 0.1) is 11.6 Å². The minimum Gasteiger partial charge on any atom is -0.491 e. The standard InChI is InChI=1S/C32H41N5O4/c1-31(2,3)26-12-11-23(19-27(26)40-21-24-9-8-18-37(24)30(39)41-32(4,5)6)36-29(38)25-10-7-15-34-28(25)35-20-22-13-16-33-17-14-22/h7,10-17,19,24H,8-9,18,20-21H2,1-6H3,(H,34,35)(H,36,38). The zero-order chi connectivity index (χ0) is 29.6. The van der Waals surface area contributed by atoms with Gasteiger partial charge < -0.3 is 25.0 Å². The number of rotatable bonds is 8. The number of carbonyl (C=O) groups excluding carboxylic acids is 2. The molecule has 0 bridgehead atoms. The Labute approximate surface area is 242 Å². The van der Waals surface area contributed by atoms with Crippen LogP contribution in [0.3, 0.4) is 0 Å². The predicted molar refractivity (Wildman–Crippen MR) is 160 cm³/mol. The highest BCUT2D eigenvalue weighted by Gasteiger charge is 2.33. The van der Waals surface area contributed by atoms with Crippen molar-refractivity contribution in [2.24, 2.45) is 0 Å². The van der Waals surface area contributed by atoms with E-state index < -0.39 is 5.60 Å². The molecule has 3 heterocycles. The molecule has 1 unspecified atom stereocenters. The molecule has 41 heavy (non-hydrogen) atoms. The average Bonchev–Trinajstić information content (AvgIpc) is 3.39. The summed E-state index contributed by atoms with van der Waals surface area (Å²) in [7, 11) is 0. The van der Waals surface area contributed by atoms with Gasteiger partial charge in [0.15, 0.2) is 0 Å². The van der Waals surface area contributed by atoms with Crippen molar-refractivity contribution in [1.82, 2.24) is 14.9 Å². The first-order valence-corrected chi connectivity index (χ1v) is 14.1. The number of anilines is 2. The third-order valence-corrected chi connectivity index (χ3v) is 6.75. The van der Waals surface area contributed by atoms with Gasteiger partial charge in [-0.25, -0.2) is 9.78 Å². The number of hydrogen-bond acceptors (Lipinski definition) is 7. The van der Waals surface area contributed by atoms with Crippen LogP contribution >= 0.6 is 0 Å². The molecule has 2 N–H and O–H groups in total. The van der Waals surface area contributed by atoms with Gasteiger partial charge in [0.1, 0.15) is 23.8 Å². The van der Waals surface area contributed by atoms with E-state index in [1.807, 2.05) is 51.1 Å². The van der Waals surface area contributed by atoms with Crippen LogP contribution in [0.25, 0.3) is 0 Å². The molecule has 2 aromatic heterocycles. The zero-order valence-corrected chi connectivity index (χ0v) is 24.9. The number of pyridine rings is 2. The topological polar surface area (TPSA) is 106 Å². The molecule has 3 aromatic rings. The molecule has 0 spiro atoms. The molecule has 218 valence electrons. The van der Waals surface area contributed by atoms with Gasteiger partial charge in [-0.1, -0.05) is 26.8 Å². The average molecular weight is 560 g/mol. The first kappa shape index (κ1) is 29.8. The summed E-state index contributed by atoms with van der Waals surface area (Å²) < 4.78 is 12.0. The Hall–Kier alpha value is -4.14. The number of nitrogens with zero attached hydrogens (tertiary/aromatic N) is 3. The summed E-state index contributed by atoms with van der Waals surface area (Å²) in [5.74, 6) is 0.887. The molecule has 1 aliphatic heterocycles. The zero-order valence-electron chi connectivity index (χ0n) is 24.9. The van der Waals surface area contributed by atoms with E-state index >= 15 is 0 Å². The van der Waals surface area contributed by atoms with Crippen LogP contribution in [0.5, 0.6) is 5.75 Å². The van der Waals surface area contributed by atoms with Crippen LogP contribution in [0.1, 0.15) is 75.9 Å². The quantitative estimate of drug-likeness (QED) is 0.328. The molecular weight excluding hydrogens is 518 g/mol. The third kappa shape index (κ3) is 8.19. The molecular formula is C32H41N5O4. The van der Waals surface area contributed by atoms with Gasteiger partial charge in [-0.05, 0) is 80.5 Å². The summed E-state index contributed by atoms with van der Waals surface area (Å²) in [6.07, 6.45) is 6.54. The lowest BCUT2D eigenvalue weighted by Gasteiger charge is -2.29. The Morgan fingerprint density at radius 2 is 1.78 bits per heavy atom. The molecule has 0 aliphatic carbocycles. The van der Waals surface area contributed by atoms with Crippen molar-refractivity contribution in [3.05, 3.63) is 77.7 Å². The minimum absolute atomic E-state index is 0.0830. The number of ether oxygens (including phenoxy) is 2. The number of amides is 2. The Kier molecular flexibility index (Phi) is 9.15. The smallest absolute Gasteiger partial charge is 0.410 e. The molecule has 1 fully saturated rings. The second-order valence-electron chi connectivity index (χ2n) is 12.3. The van der Waals surface area contributed by atoms with E-state index in [0.29, 0.717) is 42.5 Å². The summed E-state index contributed by atoms with van der Waals surface area (Å²) in [4.78, 5) is 36.3. The first-order valence-electron chi connectivity index (χ1n) is 14.1. The molecule has 0 saturated carbocycles. The Morgan fingerprint density at radius 1 is 1.02 bits per heavy atom. The van der Waals surface area contributed by atoms with Crippen LogP contribution in [0.15, 0.2) is 61.1 Å². The van der Waals surface area contributed by atoms with Crippen LogP contribution in [-0.2, 0) is 16.7 Å². The molecule has 2 amide bonds. The molecule has 0 radical (unpaired) electrons. The Bertz CT molecular complexity index is 1350. The highest BCUT2D eigenvalue weighted by molar-refractivity contribution is 6.07. The molecule has 1 aliphatic rings. The van der Waals surface area contributed by atoms with E-state index in [0.717, 1.165) is 24.0 Å². The number of likely N-dealkylation sites (tertiary alicyclic amines) is 1. The summed E-state index contributed by atoms with van der Waals surface area (Å²) in [6, 6.07) is 12.9. The van der Waals surface area contributed by atoms with Gasteiger partial charge in [-0.15, -0.1) is 0 Å². The van der Waals surface area contributed by atoms with Gasteiger partial charge in [0.25, 0.3) is 5.91 Å². The van der Waals surface area contributed by atoms with E-state index in [9.17, 15) is 9.59 Å². The largest absolute Gasteiger partial charge is 0.491 e. The van der Waals surface area contributed by atoms with Crippen LogP contribution in [0.4, 0.5) is 16.3 Å². The highest BCUT2D eigenvalue weighted by atomic mass is 16.6. The van der Waals surface area contributed by atoms with Crippen molar-refractivity contribution in [2.45, 2.75) is 78.0 Å². The summed E-state index contributed by atoms with van der Waals surface area (Å²) in [5, 5.41) is 6.25. The fourth-order valence-electron chi connectivity index (χ4n) is 4.71. The van der Waals surface area contributed by atoms with Crippen LogP contribution in [0.2, 0.25) is 0 Å². The van der Waals surface area contributed by atoms with Crippen LogP contribution < -0.4 is 15.4 Å².